The fraction of sp³-hybridized carbons (Fsp3) is 0.111. The van der Waals surface area contributed by atoms with Crippen molar-refractivity contribution in [2.45, 2.75) is 6.42 Å². The van der Waals surface area contributed by atoms with Gasteiger partial charge in [-0.15, -0.1) is 0 Å². The van der Waals surface area contributed by atoms with Gasteiger partial charge >= 0.3 is 5.35 Å². The highest BCUT2D eigenvalue weighted by atomic mass is 35.5. The number of benzene rings is 1. The van der Waals surface area contributed by atoms with Gasteiger partial charge in [-0.25, -0.2) is 4.39 Å². The van der Waals surface area contributed by atoms with Crippen molar-refractivity contribution in [2.75, 3.05) is 0 Å². The summed E-state index contributed by atoms with van der Waals surface area (Å²) < 4.78 is 17.9. The molecule has 2 aromatic rings. The Kier molecular flexibility index (Phi) is 2.88. The van der Waals surface area contributed by atoms with Gasteiger partial charge in [-0.05, 0) is 23.7 Å². The van der Waals surface area contributed by atoms with Crippen LogP contribution >= 0.6 is 23.2 Å². The Labute approximate surface area is 94.8 Å². The molecule has 1 aromatic carbocycles. The van der Waals surface area contributed by atoms with Gasteiger partial charge < -0.3 is 4.52 Å². The number of hydrogen-bond acceptors (Lipinski definition) is 3. The van der Waals surface area contributed by atoms with Crippen LogP contribution in [0.5, 0.6) is 0 Å². The first-order valence-corrected chi connectivity index (χ1v) is 4.83. The predicted octanol–water partition coefficient (Wildman–Crippen LogP) is 3.11. The smallest absolute Gasteiger partial charge is 0.320 e. The molecule has 78 valence electrons. The van der Waals surface area contributed by atoms with E-state index in [1.807, 2.05) is 0 Å². The van der Waals surface area contributed by atoms with Crippen molar-refractivity contribution in [3.05, 3.63) is 45.8 Å². The minimum Gasteiger partial charge on any atom is -0.321 e. The molecule has 0 N–H and O–H groups in total. The highest BCUT2D eigenvalue weighted by molar-refractivity contribution is 6.31. The summed E-state index contributed by atoms with van der Waals surface area (Å²) >= 11 is 11.3. The molecule has 15 heavy (non-hydrogen) atoms. The second-order valence-electron chi connectivity index (χ2n) is 2.84. The molecule has 2 rings (SSSR count). The molecule has 1 aromatic heterocycles. The molecule has 0 unspecified atom stereocenters. The molecule has 0 saturated carbocycles. The van der Waals surface area contributed by atoms with E-state index in [9.17, 15) is 4.39 Å². The van der Waals surface area contributed by atoms with E-state index in [2.05, 4.69) is 14.7 Å². The molecule has 6 heteroatoms. The normalized spacial score (nSPS) is 10.6. The Morgan fingerprint density at radius 1 is 1.33 bits per heavy atom. The van der Waals surface area contributed by atoms with Crippen LogP contribution in [0.1, 0.15) is 11.4 Å². The van der Waals surface area contributed by atoms with Crippen molar-refractivity contribution in [3.8, 4) is 0 Å². The predicted molar refractivity (Wildman–Crippen MR) is 53.5 cm³/mol. The van der Waals surface area contributed by atoms with E-state index in [1.54, 1.807) is 6.07 Å². The van der Waals surface area contributed by atoms with Gasteiger partial charge in [0.15, 0.2) is 5.82 Å². The first kappa shape index (κ1) is 10.4. The molecule has 0 amide bonds. The van der Waals surface area contributed by atoms with Crippen LogP contribution in [0.4, 0.5) is 4.39 Å². The van der Waals surface area contributed by atoms with Crippen LogP contribution in [-0.2, 0) is 6.42 Å². The Morgan fingerprint density at radius 3 is 2.73 bits per heavy atom. The number of aromatic nitrogens is 2. The minimum atomic E-state index is -0.400. The van der Waals surface area contributed by atoms with Gasteiger partial charge in [0.1, 0.15) is 5.82 Å². The lowest BCUT2D eigenvalue weighted by Gasteiger charge is -2.01. The van der Waals surface area contributed by atoms with Gasteiger partial charge in [0.25, 0.3) is 0 Å². The largest absolute Gasteiger partial charge is 0.321 e. The monoisotopic (exact) mass is 246 g/mol. The van der Waals surface area contributed by atoms with Crippen LogP contribution in [0.25, 0.3) is 0 Å². The van der Waals surface area contributed by atoms with E-state index in [4.69, 9.17) is 23.2 Å². The minimum absolute atomic E-state index is 0.0718. The Hall–Kier alpha value is -1.13. The summed E-state index contributed by atoms with van der Waals surface area (Å²) in [5.41, 5.74) is 0.330. The molecule has 0 bridgehead atoms. The maximum Gasteiger partial charge on any atom is 0.320 e. The number of hydrogen-bond donors (Lipinski definition) is 0. The standard InChI is InChI=1S/C9H5Cl2FN2O/c10-6-2-1-3-7(12)5(6)4-8-13-9(11)15-14-8/h1-3H,4H2. The van der Waals surface area contributed by atoms with Gasteiger partial charge in [-0.1, -0.05) is 22.8 Å². The number of nitrogens with zero attached hydrogens (tertiary/aromatic N) is 2. The fourth-order valence-corrected chi connectivity index (χ4v) is 1.53. The summed E-state index contributed by atoms with van der Waals surface area (Å²) in [4.78, 5) is 3.75. The molecule has 0 spiro atoms. The Balaban J connectivity index is 2.31. The average Bonchev–Trinajstić information content (AvgIpc) is 2.58. The zero-order valence-corrected chi connectivity index (χ0v) is 8.89. The Bertz CT molecular complexity index is 466. The third kappa shape index (κ3) is 2.27. The second-order valence-corrected chi connectivity index (χ2v) is 3.57. The molecule has 0 aliphatic rings. The summed E-state index contributed by atoms with van der Waals surface area (Å²) in [6.07, 6.45) is 0.154. The lowest BCUT2D eigenvalue weighted by atomic mass is 10.1. The first-order chi connectivity index (χ1) is 7.16. The van der Waals surface area contributed by atoms with Gasteiger partial charge in [0, 0.05) is 17.0 Å². The van der Waals surface area contributed by atoms with Crippen LogP contribution in [0.3, 0.4) is 0 Å². The van der Waals surface area contributed by atoms with Gasteiger partial charge in [0.2, 0.25) is 0 Å². The van der Waals surface area contributed by atoms with Gasteiger partial charge in [-0.2, -0.15) is 4.98 Å². The maximum absolute atomic E-state index is 13.3. The summed E-state index contributed by atoms with van der Waals surface area (Å²) in [5, 5.41) is 3.81. The van der Waals surface area contributed by atoms with E-state index >= 15 is 0 Å². The van der Waals surface area contributed by atoms with Crippen LogP contribution in [0.2, 0.25) is 10.4 Å². The Morgan fingerprint density at radius 2 is 2.13 bits per heavy atom. The summed E-state index contributed by atoms with van der Waals surface area (Å²) in [6.45, 7) is 0. The SMILES string of the molecule is Fc1cccc(Cl)c1Cc1noc(Cl)n1. The van der Waals surface area contributed by atoms with Gasteiger partial charge in [-0.3, -0.25) is 0 Å². The molecule has 0 atom stereocenters. The maximum atomic E-state index is 13.3. The summed E-state index contributed by atoms with van der Waals surface area (Å²) in [5.74, 6) is -0.101. The third-order valence-electron chi connectivity index (χ3n) is 1.84. The van der Waals surface area contributed by atoms with E-state index in [-0.39, 0.29) is 11.8 Å². The van der Waals surface area contributed by atoms with Crippen molar-refractivity contribution < 1.29 is 8.91 Å². The molecular formula is C9H5Cl2FN2O. The molecule has 3 nitrogen and oxygen atoms in total. The molecule has 0 aliphatic heterocycles. The summed E-state index contributed by atoms with van der Waals surface area (Å²) in [6, 6.07) is 4.45. The van der Waals surface area contributed by atoms with Crippen molar-refractivity contribution in [3.63, 3.8) is 0 Å². The molecular weight excluding hydrogens is 242 g/mol. The second kappa shape index (κ2) is 4.16. The fourth-order valence-electron chi connectivity index (χ4n) is 1.16. The quantitative estimate of drug-likeness (QED) is 0.818. The van der Waals surface area contributed by atoms with E-state index in [1.165, 1.54) is 12.1 Å². The van der Waals surface area contributed by atoms with Crippen LogP contribution in [-0.4, -0.2) is 10.1 Å². The van der Waals surface area contributed by atoms with Crippen LogP contribution in [0.15, 0.2) is 22.7 Å². The van der Waals surface area contributed by atoms with Gasteiger partial charge in [0.05, 0.1) is 0 Å². The molecule has 1 heterocycles. The lowest BCUT2D eigenvalue weighted by Crippen LogP contribution is -1.95. The van der Waals surface area contributed by atoms with Crippen LogP contribution < -0.4 is 0 Å². The number of halogens is 3. The van der Waals surface area contributed by atoms with Crippen molar-refractivity contribution >= 4 is 23.2 Å². The zero-order chi connectivity index (χ0) is 10.8. The summed E-state index contributed by atoms with van der Waals surface area (Å²) in [7, 11) is 0. The molecule has 0 fully saturated rings. The third-order valence-corrected chi connectivity index (χ3v) is 2.35. The van der Waals surface area contributed by atoms with Crippen molar-refractivity contribution in [2.24, 2.45) is 0 Å². The topological polar surface area (TPSA) is 38.9 Å². The first-order valence-electron chi connectivity index (χ1n) is 4.08. The zero-order valence-electron chi connectivity index (χ0n) is 7.38. The van der Waals surface area contributed by atoms with E-state index < -0.39 is 5.82 Å². The van der Waals surface area contributed by atoms with Crippen molar-refractivity contribution in [1.82, 2.24) is 10.1 Å². The van der Waals surface area contributed by atoms with E-state index in [0.717, 1.165) is 0 Å². The highest BCUT2D eigenvalue weighted by Gasteiger charge is 2.11. The molecule has 0 aliphatic carbocycles. The van der Waals surface area contributed by atoms with Crippen molar-refractivity contribution in [1.29, 1.82) is 0 Å². The molecule has 0 radical (unpaired) electrons. The van der Waals surface area contributed by atoms with E-state index in [0.29, 0.717) is 16.4 Å². The number of rotatable bonds is 2. The van der Waals surface area contributed by atoms with Crippen LogP contribution in [0, 0.1) is 5.82 Å². The average molecular weight is 247 g/mol. The highest BCUT2D eigenvalue weighted by Crippen LogP contribution is 2.21. The lowest BCUT2D eigenvalue weighted by molar-refractivity contribution is 0.413. The molecule has 0 saturated heterocycles.